The zero-order chi connectivity index (χ0) is 7.98. The van der Waals surface area contributed by atoms with Crippen LogP contribution in [0.1, 0.15) is 26.7 Å². The van der Waals surface area contributed by atoms with Crippen LogP contribution in [0, 0.1) is 5.92 Å². The minimum Gasteiger partial charge on any atom is -0.252 e. The van der Waals surface area contributed by atoms with E-state index in [0.29, 0.717) is 12.5 Å². The molecule has 0 rings (SSSR count). The molecule has 0 aromatic carbocycles. The smallest absolute Gasteiger partial charge is 0.0856 e. The van der Waals surface area contributed by atoms with E-state index in [1.54, 1.807) is 0 Å². The van der Waals surface area contributed by atoms with Crippen LogP contribution in [0.25, 0.3) is 0 Å². The summed E-state index contributed by atoms with van der Waals surface area (Å²) in [6.45, 7) is 8.48. The summed E-state index contributed by atoms with van der Waals surface area (Å²) in [7, 11) is 0. The average Bonchev–Trinajstić information content (AvgIpc) is 1.98. The van der Waals surface area contributed by atoms with Crippen LogP contribution in [0.3, 0.4) is 0 Å². The average molecular weight is 144 g/mol. The van der Waals surface area contributed by atoms with Crippen LogP contribution in [-0.4, -0.2) is 11.9 Å². The van der Waals surface area contributed by atoms with Crippen molar-refractivity contribution in [1.82, 2.24) is 0 Å². The minimum absolute atomic E-state index is 0.364. The monoisotopic (exact) mass is 144 g/mol. The Bertz CT molecular complexity index is 99.4. The molecule has 2 heteroatoms. The van der Waals surface area contributed by atoms with Gasteiger partial charge in [0.05, 0.1) is 6.61 Å². The molecule has 10 heavy (non-hydrogen) atoms. The second-order valence-electron chi connectivity index (χ2n) is 2.55. The fourth-order valence-electron chi connectivity index (χ4n) is 0.712. The first-order valence-electron chi connectivity index (χ1n) is 3.66. The van der Waals surface area contributed by atoms with Gasteiger partial charge in [-0.2, -0.15) is 0 Å². The fraction of sp³-hybridized carbons (Fsp3) is 0.750. The highest BCUT2D eigenvalue weighted by Gasteiger charge is 2.02. The van der Waals surface area contributed by atoms with Crippen molar-refractivity contribution in [3.8, 4) is 0 Å². The Balaban J connectivity index is 3.42. The highest BCUT2D eigenvalue weighted by Crippen LogP contribution is 2.14. The first-order valence-corrected chi connectivity index (χ1v) is 3.66. The lowest BCUT2D eigenvalue weighted by atomic mass is 9.98. The lowest BCUT2D eigenvalue weighted by Crippen LogP contribution is -1.99. The third-order valence-corrected chi connectivity index (χ3v) is 1.82. The van der Waals surface area contributed by atoms with E-state index < -0.39 is 0 Å². The maximum absolute atomic E-state index is 8.03. The quantitative estimate of drug-likeness (QED) is 0.365. The van der Waals surface area contributed by atoms with Crippen LogP contribution in [0.5, 0.6) is 0 Å². The van der Waals surface area contributed by atoms with Gasteiger partial charge >= 0.3 is 0 Å². The number of hydrogen-bond acceptors (Lipinski definition) is 2. The summed E-state index contributed by atoms with van der Waals surface area (Å²) in [5, 5.41) is 8.03. The zero-order valence-corrected chi connectivity index (χ0v) is 6.76. The summed E-state index contributed by atoms with van der Waals surface area (Å²) in [4.78, 5) is 3.95. The number of hydrogen-bond donors (Lipinski definition) is 1. The summed E-state index contributed by atoms with van der Waals surface area (Å²) in [5.41, 5.74) is 1.15. The van der Waals surface area contributed by atoms with E-state index >= 15 is 0 Å². The summed E-state index contributed by atoms with van der Waals surface area (Å²) < 4.78 is 0. The van der Waals surface area contributed by atoms with Gasteiger partial charge in [0.15, 0.2) is 0 Å². The van der Waals surface area contributed by atoms with Crippen molar-refractivity contribution in [1.29, 1.82) is 0 Å². The van der Waals surface area contributed by atoms with Gasteiger partial charge < -0.3 is 0 Å². The van der Waals surface area contributed by atoms with Crippen LogP contribution in [0.15, 0.2) is 12.2 Å². The van der Waals surface area contributed by atoms with Gasteiger partial charge in [-0.1, -0.05) is 26.0 Å². The van der Waals surface area contributed by atoms with Crippen molar-refractivity contribution in [2.24, 2.45) is 5.92 Å². The zero-order valence-electron chi connectivity index (χ0n) is 6.76. The molecule has 0 saturated carbocycles. The van der Waals surface area contributed by atoms with E-state index in [9.17, 15) is 0 Å². The second kappa shape index (κ2) is 5.45. The summed E-state index contributed by atoms with van der Waals surface area (Å²) in [6, 6.07) is 0. The van der Waals surface area contributed by atoms with Crippen molar-refractivity contribution in [2.45, 2.75) is 26.7 Å². The molecule has 0 spiro atoms. The van der Waals surface area contributed by atoms with Crippen molar-refractivity contribution >= 4 is 0 Å². The Hall–Kier alpha value is -0.340. The third-order valence-electron chi connectivity index (χ3n) is 1.82. The summed E-state index contributed by atoms with van der Waals surface area (Å²) >= 11 is 0. The van der Waals surface area contributed by atoms with Crippen molar-refractivity contribution in [3.05, 3.63) is 12.2 Å². The van der Waals surface area contributed by atoms with E-state index in [2.05, 4.69) is 25.3 Å². The van der Waals surface area contributed by atoms with Gasteiger partial charge in [0.1, 0.15) is 0 Å². The van der Waals surface area contributed by atoms with Crippen molar-refractivity contribution < 1.29 is 10.1 Å². The predicted octanol–water partition coefficient (Wildman–Crippen LogP) is 2.47. The van der Waals surface area contributed by atoms with E-state index in [-0.39, 0.29) is 0 Å². The molecule has 0 amide bonds. The molecule has 0 saturated heterocycles. The lowest BCUT2D eigenvalue weighted by molar-refractivity contribution is -0.241. The van der Waals surface area contributed by atoms with E-state index in [0.717, 1.165) is 18.4 Å². The molecule has 0 aromatic heterocycles. The SMILES string of the molecule is C=C(CCOO)C(C)CC. The van der Waals surface area contributed by atoms with Crippen LogP contribution >= 0.6 is 0 Å². The molecule has 0 aliphatic heterocycles. The van der Waals surface area contributed by atoms with E-state index in [1.807, 2.05) is 0 Å². The van der Waals surface area contributed by atoms with Crippen LogP contribution in [0.4, 0.5) is 0 Å². The first-order chi connectivity index (χ1) is 4.72. The fourth-order valence-corrected chi connectivity index (χ4v) is 0.712. The molecule has 0 aliphatic carbocycles. The lowest BCUT2D eigenvalue weighted by Gasteiger charge is -2.10. The van der Waals surface area contributed by atoms with Gasteiger partial charge in [-0.05, 0) is 18.8 Å². The van der Waals surface area contributed by atoms with E-state index in [4.69, 9.17) is 5.26 Å². The molecule has 2 nitrogen and oxygen atoms in total. The van der Waals surface area contributed by atoms with E-state index in [1.165, 1.54) is 0 Å². The third kappa shape index (κ3) is 3.64. The van der Waals surface area contributed by atoms with Gasteiger partial charge in [-0.15, -0.1) is 0 Å². The van der Waals surface area contributed by atoms with Gasteiger partial charge in [-0.25, -0.2) is 4.89 Å². The highest BCUT2D eigenvalue weighted by molar-refractivity contribution is 4.98. The maximum Gasteiger partial charge on any atom is 0.0856 e. The molecule has 1 N–H and O–H groups in total. The minimum atomic E-state index is 0.364. The molecular formula is C8H16O2. The standard InChI is InChI=1S/C8H16O2/c1-4-7(2)8(3)5-6-10-9/h7,9H,3-6H2,1-2H3. The Labute approximate surface area is 62.4 Å². The maximum atomic E-state index is 8.03. The second-order valence-corrected chi connectivity index (χ2v) is 2.55. The topological polar surface area (TPSA) is 29.5 Å². The normalized spacial score (nSPS) is 13.1. The van der Waals surface area contributed by atoms with Gasteiger partial charge in [0.2, 0.25) is 0 Å². The molecular weight excluding hydrogens is 128 g/mol. The highest BCUT2D eigenvalue weighted by atomic mass is 17.1. The summed E-state index contributed by atoms with van der Waals surface area (Å²) in [5.74, 6) is 0.537. The Morgan fingerprint density at radius 1 is 1.70 bits per heavy atom. The van der Waals surface area contributed by atoms with Crippen molar-refractivity contribution in [3.63, 3.8) is 0 Å². The molecule has 0 radical (unpaired) electrons. The molecule has 1 atom stereocenters. The van der Waals surface area contributed by atoms with Crippen LogP contribution < -0.4 is 0 Å². The van der Waals surface area contributed by atoms with Crippen LogP contribution in [0.2, 0.25) is 0 Å². The summed E-state index contributed by atoms with van der Waals surface area (Å²) in [6.07, 6.45) is 1.86. The van der Waals surface area contributed by atoms with Gasteiger partial charge in [-0.3, -0.25) is 5.26 Å². The first kappa shape index (κ1) is 9.66. The van der Waals surface area contributed by atoms with Gasteiger partial charge in [0.25, 0.3) is 0 Å². The molecule has 0 aromatic rings. The molecule has 0 fully saturated rings. The van der Waals surface area contributed by atoms with Crippen molar-refractivity contribution in [2.75, 3.05) is 6.61 Å². The van der Waals surface area contributed by atoms with Gasteiger partial charge in [0, 0.05) is 0 Å². The predicted molar refractivity (Wildman–Crippen MR) is 41.8 cm³/mol. The van der Waals surface area contributed by atoms with Crippen LogP contribution in [-0.2, 0) is 4.89 Å². The molecule has 0 bridgehead atoms. The molecule has 60 valence electrons. The Kier molecular flexibility index (Phi) is 5.26. The number of rotatable bonds is 5. The molecule has 0 aliphatic rings. The molecule has 0 heterocycles. The largest absolute Gasteiger partial charge is 0.252 e. The Morgan fingerprint density at radius 3 is 2.70 bits per heavy atom. The molecule has 1 unspecified atom stereocenters. The Morgan fingerprint density at radius 2 is 2.30 bits per heavy atom.